The Balaban J connectivity index is 0.00000260. The maximum atomic E-state index is 13.5. The van der Waals surface area contributed by atoms with Gasteiger partial charge in [-0.25, -0.2) is 13.6 Å². The summed E-state index contributed by atoms with van der Waals surface area (Å²) in [5, 5.41) is 13.0. The molecule has 0 saturated carbocycles. The van der Waals surface area contributed by atoms with Crippen LogP contribution in [0, 0.1) is 5.41 Å². The van der Waals surface area contributed by atoms with Crippen molar-refractivity contribution < 1.29 is 17.9 Å². The van der Waals surface area contributed by atoms with E-state index in [1.165, 1.54) is 6.07 Å². The van der Waals surface area contributed by atoms with Crippen LogP contribution in [0.25, 0.3) is 11.1 Å². The Kier molecular flexibility index (Phi) is 11.7. The predicted molar refractivity (Wildman–Crippen MR) is 157 cm³/mol. The zero-order valence-electron chi connectivity index (χ0n) is 22.7. The lowest BCUT2D eigenvalue weighted by atomic mass is 10.0. The van der Waals surface area contributed by atoms with Gasteiger partial charge in [-0.05, 0) is 55.3 Å². The van der Waals surface area contributed by atoms with Crippen molar-refractivity contribution in [2.75, 3.05) is 13.3 Å². The Hall–Kier alpha value is -4.21. The van der Waals surface area contributed by atoms with E-state index in [1.54, 1.807) is 71.6 Å². The third kappa shape index (κ3) is 8.66. The van der Waals surface area contributed by atoms with Gasteiger partial charge in [-0.1, -0.05) is 74.5 Å². The summed E-state index contributed by atoms with van der Waals surface area (Å²) >= 11 is 0. The molecule has 0 heterocycles. The average Bonchev–Trinajstić information content (AvgIpc) is 2.95. The lowest BCUT2D eigenvalue weighted by Crippen LogP contribution is -2.36. The second kappa shape index (κ2) is 14.7. The summed E-state index contributed by atoms with van der Waals surface area (Å²) in [6, 6.07) is 19.9. The fourth-order valence-electron chi connectivity index (χ4n) is 3.68. The van der Waals surface area contributed by atoms with Crippen molar-refractivity contribution in [3.05, 3.63) is 108 Å². The molecule has 0 fully saturated rings. The number of allylic oxidation sites excluding steroid dienone is 2. The zero-order chi connectivity index (χ0) is 29.0. The Morgan fingerprint density at radius 1 is 0.974 bits per heavy atom. The van der Waals surface area contributed by atoms with Gasteiger partial charge in [0, 0.05) is 23.2 Å². The molecule has 0 atom stereocenters. The molecule has 0 aliphatic carbocycles. The molecular weight excluding hydrogens is 512 g/mol. The van der Waals surface area contributed by atoms with Gasteiger partial charge in [0.05, 0.1) is 4.90 Å². The number of sulfonamides is 1. The fourth-order valence-corrected chi connectivity index (χ4v) is 4.45. The third-order valence-electron chi connectivity index (χ3n) is 5.58. The van der Waals surface area contributed by atoms with Gasteiger partial charge >= 0.3 is 0 Å². The standard InChI is InChI=1S/C28H30N4O4S.C2H6/c1-3-8-20(4-2)18-32(19-36-24-10-7-9-23(17-24)27(29)30)28(33)22-15-13-21(14-16-22)25-11-5-6-12-26(25)37(31,34)35;1-2/h3-17H,18-19H2,1-2H3,(H3,29,30)(H2,31,34,35);1-2H3/b8-3-,20-4+;. The number of ether oxygens (including phenoxy) is 1. The van der Waals surface area contributed by atoms with E-state index in [0.717, 1.165) is 5.57 Å². The number of amides is 1. The van der Waals surface area contributed by atoms with Crippen molar-refractivity contribution >= 4 is 21.8 Å². The summed E-state index contributed by atoms with van der Waals surface area (Å²) in [6.07, 6.45) is 5.74. The first-order valence-electron chi connectivity index (χ1n) is 12.5. The van der Waals surface area contributed by atoms with Crippen LogP contribution in [-0.4, -0.2) is 38.3 Å². The monoisotopic (exact) mass is 548 g/mol. The Morgan fingerprint density at radius 2 is 1.64 bits per heavy atom. The van der Waals surface area contributed by atoms with Crippen LogP contribution in [-0.2, 0) is 10.0 Å². The molecule has 0 bridgehead atoms. The molecular formula is C30H36N4O4S. The first-order chi connectivity index (χ1) is 18.6. The van der Waals surface area contributed by atoms with Crippen LogP contribution in [0.3, 0.4) is 0 Å². The quantitative estimate of drug-likeness (QED) is 0.136. The van der Waals surface area contributed by atoms with Crippen LogP contribution in [0.5, 0.6) is 5.75 Å². The summed E-state index contributed by atoms with van der Waals surface area (Å²) in [7, 11) is -3.91. The molecule has 3 aromatic carbocycles. The molecule has 0 aliphatic rings. The van der Waals surface area contributed by atoms with Crippen molar-refractivity contribution in [1.82, 2.24) is 4.90 Å². The van der Waals surface area contributed by atoms with E-state index >= 15 is 0 Å². The molecule has 0 aromatic heterocycles. The molecule has 3 aromatic rings. The Labute approximate surface area is 231 Å². The minimum Gasteiger partial charge on any atom is -0.473 e. The topological polar surface area (TPSA) is 140 Å². The summed E-state index contributed by atoms with van der Waals surface area (Å²) in [4.78, 5) is 15.1. The molecule has 3 rings (SSSR count). The van der Waals surface area contributed by atoms with E-state index in [4.69, 9.17) is 21.0 Å². The molecule has 0 aliphatic heterocycles. The lowest BCUT2D eigenvalue weighted by Gasteiger charge is -2.24. The number of nitrogen functional groups attached to an aromatic ring is 1. The molecule has 8 nitrogen and oxygen atoms in total. The van der Waals surface area contributed by atoms with Crippen molar-refractivity contribution in [3.63, 3.8) is 0 Å². The molecule has 39 heavy (non-hydrogen) atoms. The number of hydrogen-bond acceptors (Lipinski definition) is 5. The van der Waals surface area contributed by atoms with Gasteiger partial charge in [0.1, 0.15) is 11.6 Å². The molecule has 0 saturated heterocycles. The van der Waals surface area contributed by atoms with Gasteiger partial charge in [-0.15, -0.1) is 0 Å². The number of rotatable bonds is 10. The van der Waals surface area contributed by atoms with E-state index in [1.807, 2.05) is 45.9 Å². The first kappa shape index (κ1) is 31.0. The SMILES string of the molecule is C/C=C\C(=C/C)CN(COc1cccc(C(=N)N)c1)C(=O)c1ccc(-c2ccccc2S(N)(=O)=O)cc1.CC. The van der Waals surface area contributed by atoms with Crippen molar-refractivity contribution in [2.24, 2.45) is 10.9 Å². The highest BCUT2D eigenvalue weighted by Crippen LogP contribution is 2.27. The van der Waals surface area contributed by atoms with Crippen LogP contribution in [0.1, 0.15) is 43.6 Å². The second-order valence-corrected chi connectivity index (χ2v) is 9.73. The summed E-state index contributed by atoms with van der Waals surface area (Å²) in [6.45, 7) is 8.07. The molecule has 9 heteroatoms. The summed E-state index contributed by atoms with van der Waals surface area (Å²) in [5.41, 5.74) is 8.51. The van der Waals surface area contributed by atoms with Crippen molar-refractivity contribution in [3.8, 4) is 16.9 Å². The number of hydrogen-bond donors (Lipinski definition) is 3. The minimum atomic E-state index is -3.91. The highest BCUT2D eigenvalue weighted by atomic mass is 32.2. The zero-order valence-corrected chi connectivity index (χ0v) is 23.5. The minimum absolute atomic E-state index is 0.0148. The van der Waals surface area contributed by atoms with Crippen LogP contribution >= 0.6 is 0 Å². The van der Waals surface area contributed by atoms with E-state index < -0.39 is 10.0 Å². The Morgan fingerprint density at radius 3 is 2.23 bits per heavy atom. The van der Waals surface area contributed by atoms with Crippen LogP contribution in [0.4, 0.5) is 0 Å². The maximum absolute atomic E-state index is 13.5. The normalized spacial score (nSPS) is 11.5. The first-order valence-corrected chi connectivity index (χ1v) is 14.1. The number of primary sulfonamides is 1. The number of nitrogens with one attached hydrogen (secondary N) is 1. The smallest absolute Gasteiger partial charge is 0.256 e. The van der Waals surface area contributed by atoms with Crippen LogP contribution in [0.2, 0.25) is 0 Å². The van der Waals surface area contributed by atoms with Crippen LogP contribution in [0.15, 0.2) is 101 Å². The van der Waals surface area contributed by atoms with E-state index in [-0.39, 0.29) is 23.4 Å². The van der Waals surface area contributed by atoms with Crippen molar-refractivity contribution in [1.29, 1.82) is 5.41 Å². The summed E-state index contributed by atoms with van der Waals surface area (Å²) < 4.78 is 29.9. The molecule has 0 radical (unpaired) electrons. The molecule has 0 spiro atoms. The number of carbonyl (C=O) groups excluding carboxylic acids is 1. The molecule has 5 N–H and O–H groups in total. The third-order valence-corrected chi connectivity index (χ3v) is 6.55. The van der Waals surface area contributed by atoms with Gasteiger partial charge in [-0.2, -0.15) is 0 Å². The van der Waals surface area contributed by atoms with E-state index in [0.29, 0.717) is 34.5 Å². The summed E-state index contributed by atoms with van der Waals surface area (Å²) in [5.74, 6) is 0.137. The molecule has 0 unspecified atom stereocenters. The predicted octanol–water partition coefficient (Wildman–Crippen LogP) is 5.31. The fraction of sp³-hybridized carbons (Fsp3) is 0.200. The second-order valence-electron chi connectivity index (χ2n) is 8.20. The van der Waals surface area contributed by atoms with Gasteiger partial charge < -0.3 is 15.4 Å². The molecule has 1 amide bonds. The number of nitrogens with two attached hydrogens (primary N) is 2. The highest BCUT2D eigenvalue weighted by Gasteiger charge is 2.19. The van der Waals surface area contributed by atoms with Gasteiger partial charge in [0.2, 0.25) is 10.0 Å². The van der Waals surface area contributed by atoms with E-state index in [9.17, 15) is 13.2 Å². The number of nitrogens with zero attached hydrogens (tertiary/aromatic N) is 1. The van der Waals surface area contributed by atoms with Gasteiger partial charge in [0.25, 0.3) is 5.91 Å². The number of benzene rings is 3. The van der Waals surface area contributed by atoms with E-state index in [2.05, 4.69) is 0 Å². The molecule has 206 valence electrons. The van der Waals surface area contributed by atoms with Gasteiger partial charge in [0.15, 0.2) is 6.73 Å². The van der Waals surface area contributed by atoms with Crippen LogP contribution < -0.4 is 15.6 Å². The highest BCUT2D eigenvalue weighted by molar-refractivity contribution is 7.89. The van der Waals surface area contributed by atoms with Crippen molar-refractivity contribution in [2.45, 2.75) is 32.6 Å². The van der Waals surface area contributed by atoms with Gasteiger partial charge in [-0.3, -0.25) is 10.2 Å². The number of carbonyl (C=O) groups is 1. The largest absolute Gasteiger partial charge is 0.473 e. The average molecular weight is 549 g/mol. The number of amidine groups is 1. The maximum Gasteiger partial charge on any atom is 0.256 e. The Bertz CT molecular complexity index is 1450. The lowest BCUT2D eigenvalue weighted by molar-refractivity contribution is 0.0624.